The number of methoxy groups -OCH3 is 2. The second-order valence-electron chi connectivity index (χ2n) is 4.56. The molecule has 0 radical (unpaired) electrons. The molecule has 0 saturated carbocycles. The number of benzene rings is 1. The van der Waals surface area contributed by atoms with Crippen molar-refractivity contribution in [2.45, 2.75) is 0 Å². The van der Waals surface area contributed by atoms with E-state index in [0.717, 1.165) is 19.5 Å². The molecule has 0 fully saturated rings. The molecule has 0 atom stereocenters. The minimum absolute atomic E-state index is 0.312. The predicted molar refractivity (Wildman–Crippen MR) is 99.2 cm³/mol. The number of hydrogen-bond acceptors (Lipinski definition) is 6. The standard InChI is InChI=1S/C15H16Br2N2O3S/c1-18(12(8-21-2)15(20)22-3)19-9-23-14(17)13(19)10-4-6-11(16)7-5-10/h4-8H,9H2,1-3H3/b12-8+. The van der Waals surface area contributed by atoms with Gasteiger partial charge in [0.25, 0.3) is 0 Å². The highest BCUT2D eigenvalue weighted by Crippen LogP contribution is 2.42. The normalized spacial score (nSPS) is 15.0. The molecule has 1 aromatic rings. The van der Waals surface area contributed by atoms with Crippen LogP contribution in [0.5, 0.6) is 0 Å². The number of nitrogens with zero attached hydrogens (tertiary/aromatic N) is 2. The Morgan fingerprint density at radius 1 is 1.30 bits per heavy atom. The lowest BCUT2D eigenvalue weighted by molar-refractivity contribution is -0.139. The zero-order chi connectivity index (χ0) is 17.0. The maximum absolute atomic E-state index is 12.0. The number of rotatable bonds is 5. The summed E-state index contributed by atoms with van der Waals surface area (Å²) in [5.74, 6) is 0.207. The molecule has 23 heavy (non-hydrogen) atoms. The summed E-state index contributed by atoms with van der Waals surface area (Å²) >= 11 is 8.69. The molecule has 0 bridgehead atoms. The molecule has 0 N–H and O–H groups in total. The molecule has 0 spiro atoms. The number of likely N-dealkylation sites (N-methyl/N-ethyl adjacent to an activating group) is 1. The van der Waals surface area contributed by atoms with Crippen LogP contribution in [0.4, 0.5) is 0 Å². The summed E-state index contributed by atoms with van der Waals surface area (Å²) < 4.78 is 11.9. The molecule has 5 nitrogen and oxygen atoms in total. The zero-order valence-corrected chi connectivity index (χ0v) is 16.9. The molecule has 1 aromatic carbocycles. The van der Waals surface area contributed by atoms with Crippen molar-refractivity contribution < 1.29 is 14.3 Å². The molecule has 1 heterocycles. The van der Waals surface area contributed by atoms with Crippen molar-refractivity contribution in [1.29, 1.82) is 0 Å². The average molecular weight is 464 g/mol. The number of esters is 1. The van der Waals surface area contributed by atoms with Crippen LogP contribution in [0.1, 0.15) is 5.56 Å². The van der Waals surface area contributed by atoms with Crippen molar-refractivity contribution in [3.63, 3.8) is 0 Å². The highest BCUT2D eigenvalue weighted by molar-refractivity contribution is 9.14. The summed E-state index contributed by atoms with van der Waals surface area (Å²) in [5.41, 5.74) is 2.34. The van der Waals surface area contributed by atoms with E-state index >= 15 is 0 Å². The molecule has 124 valence electrons. The third kappa shape index (κ3) is 4.05. The largest absolute Gasteiger partial charge is 0.502 e. The van der Waals surface area contributed by atoms with Gasteiger partial charge in [0, 0.05) is 17.1 Å². The molecule has 2 rings (SSSR count). The number of ether oxygens (including phenoxy) is 2. The summed E-state index contributed by atoms with van der Waals surface area (Å²) in [6, 6.07) is 8.00. The van der Waals surface area contributed by atoms with Gasteiger partial charge in [0.2, 0.25) is 0 Å². The summed E-state index contributed by atoms with van der Waals surface area (Å²) in [7, 11) is 4.64. The van der Waals surface area contributed by atoms with Crippen LogP contribution in [-0.2, 0) is 14.3 Å². The Morgan fingerprint density at radius 2 is 1.96 bits per heavy atom. The highest BCUT2D eigenvalue weighted by Gasteiger charge is 2.30. The number of thioether (sulfide) groups is 1. The molecule has 0 aromatic heterocycles. The van der Waals surface area contributed by atoms with Gasteiger partial charge >= 0.3 is 5.97 Å². The predicted octanol–water partition coefficient (Wildman–Crippen LogP) is 3.98. The third-order valence-corrected chi connectivity index (χ3v) is 5.62. The van der Waals surface area contributed by atoms with Crippen LogP contribution in [0, 0.1) is 0 Å². The Balaban J connectivity index is 2.36. The molecule has 8 heteroatoms. The van der Waals surface area contributed by atoms with Crippen molar-refractivity contribution in [3.8, 4) is 0 Å². The number of hydrogen-bond donors (Lipinski definition) is 0. The maximum atomic E-state index is 12.0. The SMILES string of the molecule is CO/C=C(\C(=O)OC)N(C)N1CSC(Br)=C1c1ccc(Br)cc1. The third-order valence-electron chi connectivity index (χ3n) is 3.21. The first-order valence-corrected chi connectivity index (χ1v) is 9.17. The van der Waals surface area contributed by atoms with Crippen LogP contribution in [-0.4, -0.2) is 43.1 Å². The highest BCUT2D eigenvalue weighted by atomic mass is 79.9. The smallest absolute Gasteiger partial charge is 0.359 e. The lowest BCUT2D eigenvalue weighted by Crippen LogP contribution is -2.38. The van der Waals surface area contributed by atoms with E-state index in [-0.39, 0.29) is 0 Å². The van der Waals surface area contributed by atoms with Crippen LogP contribution in [0.2, 0.25) is 0 Å². The van der Waals surface area contributed by atoms with Gasteiger partial charge in [-0.05, 0) is 28.1 Å². The van der Waals surface area contributed by atoms with E-state index in [1.165, 1.54) is 20.5 Å². The Bertz CT molecular complexity index is 647. The van der Waals surface area contributed by atoms with Crippen molar-refractivity contribution in [2.24, 2.45) is 0 Å². The molecule has 1 aliphatic rings. The number of carbonyl (C=O) groups excluding carboxylic acids is 1. The van der Waals surface area contributed by atoms with Crippen LogP contribution < -0.4 is 0 Å². The summed E-state index contributed by atoms with van der Waals surface area (Å²) in [4.78, 5) is 12.0. The van der Waals surface area contributed by atoms with E-state index in [2.05, 4.69) is 31.9 Å². The molecular formula is C15H16Br2N2O3S. The fourth-order valence-corrected chi connectivity index (χ4v) is 3.96. The van der Waals surface area contributed by atoms with Crippen LogP contribution in [0.25, 0.3) is 5.70 Å². The molecule has 0 unspecified atom stereocenters. The Labute approximate surface area is 156 Å². The van der Waals surface area contributed by atoms with Crippen LogP contribution in [0.15, 0.2) is 44.5 Å². The van der Waals surface area contributed by atoms with Crippen LogP contribution in [0.3, 0.4) is 0 Å². The van der Waals surface area contributed by atoms with E-state index in [4.69, 9.17) is 9.47 Å². The number of hydrazine groups is 1. The van der Waals surface area contributed by atoms with Gasteiger partial charge in [-0.2, -0.15) is 0 Å². The van der Waals surface area contributed by atoms with E-state index in [0.29, 0.717) is 11.6 Å². The van der Waals surface area contributed by atoms with Gasteiger partial charge in [-0.1, -0.05) is 39.8 Å². The van der Waals surface area contributed by atoms with Crippen molar-refractivity contribution in [1.82, 2.24) is 10.0 Å². The minimum Gasteiger partial charge on any atom is -0.502 e. The molecular weight excluding hydrogens is 448 g/mol. The fraction of sp³-hybridized carbons (Fsp3) is 0.267. The quantitative estimate of drug-likeness (QED) is 0.373. The van der Waals surface area contributed by atoms with Gasteiger partial charge in [0.1, 0.15) is 6.26 Å². The summed E-state index contributed by atoms with van der Waals surface area (Å²) in [6.07, 6.45) is 1.38. The van der Waals surface area contributed by atoms with Crippen LogP contribution >= 0.6 is 43.6 Å². The lowest BCUT2D eigenvalue weighted by Gasteiger charge is -2.33. The van der Waals surface area contributed by atoms with Gasteiger partial charge in [0.15, 0.2) is 5.70 Å². The second-order valence-corrected chi connectivity index (χ2v) is 7.74. The Kier molecular flexibility index (Phi) is 6.43. The summed E-state index contributed by atoms with van der Waals surface area (Å²) in [6.45, 7) is 0. The molecule has 0 aliphatic carbocycles. The first-order valence-electron chi connectivity index (χ1n) is 6.60. The van der Waals surface area contributed by atoms with E-state index in [1.54, 1.807) is 23.8 Å². The molecule has 0 saturated heterocycles. The van der Waals surface area contributed by atoms with E-state index in [1.807, 2.05) is 29.3 Å². The van der Waals surface area contributed by atoms with Gasteiger partial charge in [0.05, 0.1) is 29.6 Å². The first-order chi connectivity index (χ1) is 11.0. The minimum atomic E-state index is -0.461. The first kappa shape index (κ1) is 18.2. The lowest BCUT2D eigenvalue weighted by atomic mass is 10.2. The monoisotopic (exact) mass is 462 g/mol. The van der Waals surface area contributed by atoms with Gasteiger partial charge in [-0.3, -0.25) is 10.0 Å². The maximum Gasteiger partial charge on any atom is 0.359 e. The van der Waals surface area contributed by atoms with Gasteiger partial charge < -0.3 is 9.47 Å². The van der Waals surface area contributed by atoms with Gasteiger partial charge in [-0.25, -0.2) is 4.79 Å². The summed E-state index contributed by atoms with van der Waals surface area (Å²) in [5, 5.41) is 3.72. The average Bonchev–Trinajstić information content (AvgIpc) is 2.93. The molecule has 1 aliphatic heterocycles. The van der Waals surface area contributed by atoms with Crippen molar-refractivity contribution >= 4 is 55.3 Å². The van der Waals surface area contributed by atoms with E-state index in [9.17, 15) is 4.79 Å². The Morgan fingerprint density at radius 3 is 2.52 bits per heavy atom. The topological polar surface area (TPSA) is 42.0 Å². The number of halogens is 2. The van der Waals surface area contributed by atoms with E-state index < -0.39 is 5.97 Å². The zero-order valence-electron chi connectivity index (χ0n) is 12.9. The molecule has 0 amide bonds. The second kappa shape index (κ2) is 8.12. The fourth-order valence-electron chi connectivity index (χ4n) is 2.06. The number of carbonyl (C=O) groups is 1. The van der Waals surface area contributed by atoms with Crippen molar-refractivity contribution in [3.05, 3.63) is 50.1 Å². The Hall–Kier alpha value is -1.12. The van der Waals surface area contributed by atoms with Crippen molar-refractivity contribution in [2.75, 3.05) is 27.1 Å². The van der Waals surface area contributed by atoms with Gasteiger partial charge in [-0.15, -0.1) is 0 Å².